The van der Waals surface area contributed by atoms with Gasteiger partial charge in [-0.2, -0.15) is 0 Å². The van der Waals surface area contributed by atoms with E-state index in [0.717, 1.165) is 0 Å². The third-order valence-corrected chi connectivity index (χ3v) is 4.97. The highest BCUT2D eigenvalue weighted by Gasteiger charge is 2.20. The van der Waals surface area contributed by atoms with Gasteiger partial charge >= 0.3 is 5.97 Å². The predicted octanol–water partition coefficient (Wildman–Crippen LogP) is 2.92. The summed E-state index contributed by atoms with van der Waals surface area (Å²) in [5, 5.41) is 8.76. The fourth-order valence-corrected chi connectivity index (χ4v) is 3.33. The second-order valence-corrected chi connectivity index (χ2v) is 7.06. The molecule has 0 saturated heterocycles. The van der Waals surface area contributed by atoms with E-state index in [1.54, 1.807) is 12.4 Å². The van der Waals surface area contributed by atoms with Crippen molar-refractivity contribution in [2.75, 3.05) is 4.72 Å². The van der Waals surface area contributed by atoms with Crippen molar-refractivity contribution in [2.45, 2.75) is 4.90 Å². The van der Waals surface area contributed by atoms with Crippen molar-refractivity contribution in [3.05, 3.63) is 72.3 Å². The number of hydrogen-bond acceptors (Lipinski definition) is 5. The molecule has 0 aliphatic heterocycles. The van der Waals surface area contributed by atoms with Gasteiger partial charge in [0.25, 0.3) is 10.0 Å². The molecule has 7 nitrogen and oxygen atoms in total. The molecule has 0 spiro atoms. The Bertz CT molecular complexity index is 1110. The summed E-state index contributed by atoms with van der Waals surface area (Å²) in [4.78, 5) is 18.3. The van der Waals surface area contributed by atoms with Crippen molar-refractivity contribution in [1.82, 2.24) is 9.97 Å². The molecule has 0 aliphatic rings. The van der Waals surface area contributed by atoms with Gasteiger partial charge in [0.2, 0.25) is 0 Å². The second kappa shape index (κ2) is 7.08. The fourth-order valence-electron chi connectivity index (χ4n) is 2.27. The number of sulfonamides is 1. The van der Waals surface area contributed by atoms with Crippen LogP contribution < -0.4 is 4.72 Å². The van der Waals surface area contributed by atoms with E-state index in [1.807, 2.05) is 4.72 Å². The molecule has 3 aromatic rings. The molecule has 0 fully saturated rings. The van der Waals surface area contributed by atoms with Gasteiger partial charge in [-0.25, -0.2) is 32.0 Å². The minimum absolute atomic E-state index is 0.190. The maximum Gasteiger partial charge on any atom is 0.338 e. The summed E-state index contributed by atoms with van der Waals surface area (Å²) in [6.07, 6.45) is 4.46. The Morgan fingerprint density at radius 1 is 0.963 bits per heavy atom. The number of aromatic nitrogens is 2. The van der Waals surface area contributed by atoms with E-state index in [0.29, 0.717) is 23.3 Å². The number of halogens is 2. The Hall–Kier alpha value is -3.40. The van der Waals surface area contributed by atoms with Gasteiger partial charge in [0.05, 0.1) is 16.1 Å². The molecular weight excluding hydrogens is 380 g/mol. The van der Waals surface area contributed by atoms with Crippen LogP contribution in [0, 0.1) is 11.6 Å². The van der Waals surface area contributed by atoms with E-state index < -0.39 is 38.9 Å². The Balaban J connectivity index is 1.89. The van der Waals surface area contributed by atoms with Crippen LogP contribution in [0.2, 0.25) is 0 Å². The molecule has 1 heterocycles. The van der Waals surface area contributed by atoms with E-state index in [-0.39, 0.29) is 4.90 Å². The Morgan fingerprint density at radius 2 is 1.59 bits per heavy atom. The topological polar surface area (TPSA) is 109 Å². The minimum atomic E-state index is -4.22. The number of anilines is 1. The quantitative estimate of drug-likeness (QED) is 0.692. The molecule has 27 heavy (non-hydrogen) atoms. The molecular formula is C17H11F2N3O4S. The molecule has 0 bridgehead atoms. The summed E-state index contributed by atoms with van der Waals surface area (Å²) in [5.41, 5.74) is -0.257. The molecule has 138 valence electrons. The first-order chi connectivity index (χ1) is 12.8. The summed E-state index contributed by atoms with van der Waals surface area (Å²) in [6, 6.07) is 6.48. The number of carbonyl (C=O) groups is 1. The molecule has 0 radical (unpaired) electrons. The Kier molecular flexibility index (Phi) is 4.82. The third kappa shape index (κ3) is 3.90. The standard InChI is InChI=1S/C17H11F2N3O4S/c18-14-6-16(15(19)5-13(14)17(23)24)22-27(25,26)12-3-1-10(2-4-12)11-7-20-9-21-8-11/h1-9,22H,(H,23,24). The second-order valence-electron chi connectivity index (χ2n) is 5.37. The SMILES string of the molecule is O=C(O)c1cc(F)c(NS(=O)(=O)c2ccc(-c3cncnc3)cc2)cc1F. The highest BCUT2D eigenvalue weighted by atomic mass is 32.2. The van der Waals surface area contributed by atoms with Gasteiger partial charge in [-0.1, -0.05) is 12.1 Å². The summed E-state index contributed by atoms with van der Waals surface area (Å²) in [6.45, 7) is 0. The number of benzene rings is 2. The summed E-state index contributed by atoms with van der Waals surface area (Å²) < 4.78 is 54.3. The van der Waals surface area contributed by atoms with Crippen molar-refractivity contribution in [3.8, 4) is 11.1 Å². The molecule has 10 heteroatoms. The first-order valence-electron chi connectivity index (χ1n) is 7.38. The molecule has 0 atom stereocenters. The monoisotopic (exact) mass is 391 g/mol. The van der Waals surface area contributed by atoms with Gasteiger partial charge in [-0.15, -0.1) is 0 Å². The first-order valence-corrected chi connectivity index (χ1v) is 8.87. The molecule has 0 amide bonds. The van der Waals surface area contributed by atoms with Crippen LogP contribution in [0.1, 0.15) is 10.4 Å². The summed E-state index contributed by atoms with van der Waals surface area (Å²) in [5.74, 6) is -4.14. The molecule has 0 saturated carbocycles. The lowest BCUT2D eigenvalue weighted by molar-refractivity contribution is 0.0691. The number of nitrogens with zero attached hydrogens (tertiary/aromatic N) is 2. The Labute approximate surface area is 152 Å². The van der Waals surface area contributed by atoms with E-state index >= 15 is 0 Å². The third-order valence-electron chi connectivity index (χ3n) is 3.59. The normalized spacial score (nSPS) is 11.2. The molecule has 1 aromatic heterocycles. The molecule has 0 unspecified atom stereocenters. The van der Waals surface area contributed by atoms with Crippen molar-refractivity contribution in [2.24, 2.45) is 0 Å². The van der Waals surface area contributed by atoms with Gasteiger partial charge in [0, 0.05) is 24.0 Å². The van der Waals surface area contributed by atoms with Crippen LogP contribution >= 0.6 is 0 Å². The zero-order valence-corrected chi connectivity index (χ0v) is 14.2. The van der Waals surface area contributed by atoms with E-state index in [4.69, 9.17) is 5.11 Å². The van der Waals surface area contributed by atoms with Crippen LogP contribution in [0.4, 0.5) is 14.5 Å². The van der Waals surface area contributed by atoms with Crippen LogP contribution in [-0.4, -0.2) is 29.5 Å². The highest BCUT2D eigenvalue weighted by Crippen LogP contribution is 2.24. The lowest BCUT2D eigenvalue weighted by atomic mass is 10.1. The lowest BCUT2D eigenvalue weighted by Crippen LogP contribution is -2.15. The first kappa shape index (κ1) is 18.4. The number of carboxylic acid groups (broad SMARTS) is 1. The van der Waals surface area contributed by atoms with Gasteiger partial charge in [0.1, 0.15) is 18.0 Å². The highest BCUT2D eigenvalue weighted by molar-refractivity contribution is 7.92. The smallest absolute Gasteiger partial charge is 0.338 e. The predicted molar refractivity (Wildman–Crippen MR) is 91.6 cm³/mol. The number of carboxylic acids is 1. The van der Waals surface area contributed by atoms with Crippen LogP contribution in [0.3, 0.4) is 0 Å². The average molecular weight is 391 g/mol. The maximum absolute atomic E-state index is 14.0. The zero-order valence-electron chi connectivity index (χ0n) is 13.4. The largest absolute Gasteiger partial charge is 0.478 e. The van der Waals surface area contributed by atoms with Crippen LogP contribution in [0.15, 0.2) is 60.0 Å². The van der Waals surface area contributed by atoms with Gasteiger partial charge in [-0.05, 0) is 23.8 Å². The zero-order chi connectivity index (χ0) is 19.6. The van der Waals surface area contributed by atoms with Crippen molar-refractivity contribution >= 4 is 21.7 Å². The number of aromatic carboxylic acids is 1. The summed E-state index contributed by atoms with van der Waals surface area (Å²) >= 11 is 0. The van der Waals surface area contributed by atoms with E-state index in [1.165, 1.54) is 30.6 Å². The number of hydrogen-bond donors (Lipinski definition) is 2. The fraction of sp³-hybridized carbons (Fsp3) is 0. The van der Waals surface area contributed by atoms with Crippen LogP contribution in [-0.2, 0) is 10.0 Å². The van der Waals surface area contributed by atoms with E-state index in [9.17, 15) is 22.0 Å². The maximum atomic E-state index is 14.0. The average Bonchev–Trinajstić information content (AvgIpc) is 2.65. The summed E-state index contributed by atoms with van der Waals surface area (Å²) in [7, 11) is -4.22. The van der Waals surface area contributed by atoms with Crippen LogP contribution in [0.25, 0.3) is 11.1 Å². The molecule has 3 rings (SSSR count). The van der Waals surface area contributed by atoms with Crippen molar-refractivity contribution < 1.29 is 27.1 Å². The van der Waals surface area contributed by atoms with Crippen LogP contribution in [0.5, 0.6) is 0 Å². The van der Waals surface area contributed by atoms with Gasteiger partial charge in [-0.3, -0.25) is 4.72 Å². The number of nitrogens with one attached hydrogen (secondary N) is 1. The van der Waals surface area contributed by atoms with Gasteiger partial charge < -0.3 is 5.11 Å². The minimum Gasteiger partial charge on any atom is -0.478 e. The van der Waals surface area contributed by atoms with Crippen molar-refractivity contribution in [1.29, 1.82) is 0 Å². The molecule has 2 N–H and O–H groups in total. The van der Waals surface area contributed by atoms with Crippen molar-refractivity contribution in [3.63, 3.8) is 0 Å². The molecule has 0 aliphatic carbocycles. The van der Waals surface area contributed by atoms with E-state index in [2.05, 4.69) is 9.97 Å². The van der Waals surface area contributed by atoms with Gasteiger partial charge in [0.15, 0.2) is 0 Å². The molecule has 2 aromatic carbocycles. The Morgan fingerprint density at radius 3 is 2.19 bits per heavy atom. The number of rotatable bonds is 5. The lowest BCUT2D eigenvalue weighted by Gasteiger charge is -2.10.